The average molecular weight is 718 g/mol. The van der Waals surface area contributed by atoms with Crippen LogP contribution in [0.25, 0.3) is 11.0 Å². The van der Waals surface area contributed by atoms with Gasteiger partial charge in [0.1, 0.15) is 11.5 Å². The number of imide groups is 1. The minimum atomic E-state index is -0.261. The quantitative estimate of drug-likeness (QED) is 0.174. The maximum Gasteiger partial charge on any atom is 0.263 e. The first-order chi connectivity index (χ1) is 25.7. The third-order valence-electron chi connectivity index (χ3n) is 11.7. The Balaban J connectivity index is 0.828. The number of ketones is 1. The number of aryl methyl sites for hydroxylation is 1. The number of anilines is 4. The number of fused-ring (bicyclic) bond motifs is 1. The largest absolute Gasteiger partial charge is 0.371 e. The van der Waals surface area contributed by atoms with E-state index in [1.807, 2.05) is 24.4 Å². The molecule has 6 heterocycles. The molecule has 53 heavy (non-hydrogen) atoms. The summed E-state index contributed by atoms with van der Waals surface area (Å²) in [5, 5.41) is 6.42. The lowest BCUT2D eigenvalue weighted by Crippen LogP contribution is -2.50. The van der Waals surface area contributed by atoms with Gasteiger partial charge in [-0.1, -0.05) is 25.0 Å². The van der Waals surface area contributed by atoms with Gasteiger partial charge in [-0.2, -0.15) is 4.98 Å². The second kappa shape index (κ2) is 14.7. The van der Waals surface area contributed by atoms with Crippen molar-refractivity contribution in [2.45, 2.75) is 70.8 Å². The molecule has 8 rings (SSSR count). The standard InChI is InChI=1S/C40H47N9O4/c1-25-33-22-42-40(45-37(33)49(29-7-3-4-8-29)39(53)36(25)26(2)50)43-34-12-10-31(21-41-34)47-18-16-46(17-19-47)15-14-27-23-48(24-27)30-9-5-6-28(20-30)32-11-13-35(51)44-38(32)52/h5-6,9-10,12,20-22,27,29,32H,3-4,7-8,11,13-19,23-24H2,1-2H3,(H,44,51,52)(H,41,42,43,45). The topological polar surface area (TPSA) is 146 Å². The summed E-state index contributed by atoms with van der Waals surface area (Å²) in [7, 11) is 0. The first-order valence-electron chi connectivity index (χ1n) is 19.0. The van der Waals surface area contributed by atoms with Crippen LogP contribution in [0.3, 0.4) is 0 Å². The number of piperidine rings is 1. The van der Waals surface area contributed by atoms with Crippen LogP contribution in [0.15, 0.2) is 53.6 Å². The molecule has 3 saturated heterocycles. The zero-order chi connectivity index (χ0) is 36.6. The second-order valence-corrected chi connectivity index (χ2v) is 15.1. The van der Waals surface area contributed by atoms with E-state index in [4.69, 9.17) is 4.98 Å². The number of aromatic nitrogens is 4. The summed E-state index contributed by atoms with van der Waals surface area (Å²) in [6, 6.07) is 12.3. The molecular weight excluding hydrogens is 670 g/mol. The van der Waals surface area contributed by atoms with E-state index >= 15 is 0 Å². The number of carbonyl (C=O) groups is 3. The molecule has 13 nitrogen and oxygen atoms in total. The van der Waals surface area contributed by atoms with Gasteiger partial charge in [-0.15, -0.1) is 0 Å². The van der Waals surface area contributed by atoms with Gasteiger partial charge < -0.3 is 15.1 Å². The molecule has 1 unspecified atom stereocenters. The molecule has 1 aromatic carbocycles. The van der Waals surface area contributed by atoms with Gasteiger partial charge >= 0.3 is 0 Å². The molecule has 0 bridgehead atoms. The van der Waals surface area contributed by atoms with Crippen LogP contribution in [0.1, 0.15) is 85.3 Å². The Morgan fingerprint density at radius 3 is 2.43 bits per heavy atom. The monoisotopic (exact) mass is 717 g/mol. The van der Waals surface area contributed by atoms with E-state index < -0.39 is 0 Å². The van der Waals surface area contributed by atoms with Gasteiger partial charge in [0.05, 0.1) is 23.4 Å². The molecule has 13 heteroatoms. The number of carbonyl (C=O) groups excluding carboxylic acids is 3. The highest BCUT2D eigenvalue weighted by Crippen LogP contribution is 2.33. The average Bonchev–Trinajstić information content (AvgIpc) is 3.66. The van der Waals surface area contributed by atoms with E-state index in [0.717, 1.165) is 100 Å². The van der Waals surface area contributed by atoms with Crippen molar-refractivity contribution in [2.75, 3.05) is 60.9 Å². The number of amides is 2. The van der Waals surface area contributed by atoms with Crippen molar-refractivity contribution in [2.24, 2.45) is 5.92 Å². The predicted octanol–water partition coefficient (Wildman–Crippen LogP) is 4.72. The van der Waals surface area contributed by atoms with E-state index in [1.165, 1.54) is 6.92 Å². The molecule has 0 radical (unpaired) electrons. The van der Waals surface area contributed by atoms with Gasteiger partial charge in [0, 0.05) is 69.0 Å². The van der Waals surface area contributed by atoms with Gasteiger partial charge in [0.25, 0.3) is 5.56 Å². The van der Waals surface area contributed by atoms with Gasteiger partial charge in [-0.25, -0.2) is 9.97 Å². The first kappa shape index (κ1) is 34.9. The fourth-order valence-electron chi connectivity index (χ4n) is 8.58. The molecule has 3 aromatic heterocycles. The van der Waals surface area contributed by atoms with Crippen molar-refractivity contribution in [1.82, 2.24) is 29.7 Å². The third kappa shape index (κ3) is 7.14. The Morgan fingerprint density at radius 1 is 0.925 bits per heavy atom. The van der Waals surface area contributed by atoms with Crippen LogP contribution in [0.4, 0.5) is 23.1 Å². The normalized spacial score (nSPS) is 20.2. The molecule has 1 saturated carbocycles. The molecule has 4 fully saturated rings. The van der Waals surface area contributed by atoms with Gasteiger partial charge in [0.15, 0.2) is 5.78 Å². The lowest BCUT2D eigenvalue weighted by Gasteiger charge is -2.43. The summed E-state index contributed by atoms with van der Waals surface area (Å²) in [5.41, 5.74) is 4.37. The molecular formula is C40H47N9O4. The third-order valence-corrected chi connectivity index (χ3v) is 11.7. The second-order valence-electron chi connectivity index (χ2n) is 15.1. The molecule has 3 aliphatic heterocycles. The Kier molecular flexibility index (Phi) is 9.67. The minimum Gasteiger partial charge on any atom is -0.371 e. The molecule has 0 spiro atoms. The Labute approximate surface area is 308 Å². The lowest BCUT2D eigenvalue weighted by atomic mass is 9.89. The number of hydrogen-bond acceptors (Lipinski definition) is 11. The van der Waals surface area contributed by atoms with E-state index in [2.05, 4.69) is 53.5 Å². The number of nitrogens with one attached hydrogen (secondary N) is 2. The molecule has 2 N–H and O–H groups in total. The number of piperazine rings is 1. The number of rotatable bonds is 10. The maximum atomic E-state index is 13.5. The number of Topliss-reactive ketones (excluding diaryl/α,β-unsaturated/α-hetero) is 1. The summed E-state index contributed by atoms with van der Waals surface area (Å²) in [6.45, 7) is 10.3. The smallest absolute Gasteiger partial charge is 0.263 e. The minimum absolute atomic E-state index is 0.0244. The van der Waals surface area contributed by atoms with Crippen molar-refractivity contribution in [3.63, 3.8) is 0 Å². The van der Waals surface area contributed by atoms with Crippen molar-refractivity contribution in [3.8, 4) is 0 Å². The van der Waals surface area contributed by atoms with Crippen LogP contribution in [0.5, 0.6) is 0 Å². The van der Waals surface area contributed by atoms with Gasteiger partial charge in [-0.05, 0) is 87.4 Å². The molecule has 1 aliphatic carbocycles. The van der Waals surface area contributed by atoms with Crippen LogP contribution < -0.4 is 26.0 Å². The van der Waals surface area contributed by atoms with Crippen molar-refractivity contribution in [1.29, 1.82) is 0 Å². The van der Waals surface area contributed by atoms with Crippen molar-refractivity contribution in [3.05, 3.63) is 75.8 Å². The summed E-state index contributed by atoms with van der Waals surface area (Å²) in [5.74, 6) is 0.785. The zero-order valence-electron chi connectivity index (χ0n) is 30.5. The summed E-state index contributed by atoms with van der Waals surface area (Å²) in [4.78, 5) is 71.2. The lowest BCUT2D eigenvalue weighted by molar-refractivity contribution is -0.134. The van der Waals surface area contributed by atoms with E-state index in [0.29, 0.717) is 41.7 Å². The van der Waals surface area contributed by atoms with Crippen LogP contribution in [0, 0.1) is 12.8 Å². The number of hydrogen-bond donors (Lipinski definition) is 2. The molecule has 1 atom stereocenters. The highest BCUT2D eigenvalue weighted by molar-refractivity contribution is 6.01. The molecule has 2 amide bonds. The SMILES string of the molecule is CC(=O)c1c(C)c2cnc(Nc3ccc(N4CCN(CCC5CN(c6cccc(C7CCC(=O)NC7=O)c6)C5)CC4)cn3)nc2n(C2CCCC2)c1=O. The number of benzene rings is 1. The molecule has 4 aliphatic rings. The Morgan fingerprint density at radius 2 is 1.72 bits per heavy atom. The Bertz CT molecular complexity index is 2100. The summed E-state index contributed by atoms with van der Waals surface area (Å²) in [6.07, 6.45) is 9.61. The highest BCUT2D eigenvalue weighted by atomic mass is 16.2. The van der Waals surface area contributed by atoms with Crippen LogP contribution >= 0.6 is 0 Å². The van der Waals surface area contributed by atoms with Crippen LogP contribution in [-0.2, 0) is 9.59 Å². The molecule has 4 aromatic rings. The Hall–Kier alpha value is -5.17. The fourth-order valence-corrected chi connectivity index (χ4v) is 8.58. The van der Waals surface area contributed by atoms with Gasteiger partial charge in [-0.3, -0.25) is 34.0 Å². The van der Waals surface area contributed by atoms with Crippen LogP contribution in [-0.4, -0.2) is 87.8 Å². The number of pyridine rings is 2. The van der Waals surface area contributed by atoms with E-state index in [1.54, 1.807) is 17.7 Å². The summed E-state index contributed by atoms with van der Waals surface area (Å²) >= 11 is 0. The van der Waals surface area contributed by atoms with Crippen LogP contribution in [0.2, 0.25) is 0 Å². The predicted molar refractivity (Wildman–Crippen MR) is 204 cm³/mol. The maximum absolute atomic E-state index is 13.5. The van der Waals surface area contributed by atoms with Crippen molar-refractivity contribution < 1.29 is 14.4 Å². The fraction of sp³-hybridized carbons (Fsp3) is 0.475. The van der Waals surface area contributed by atoms with Crippen molar-refractivity contribution >= 4 is 51.8 Å². The number of nitrogens with zero attached hydrogens (tertiary/aromatic N) is 7. The van der Waals surface area contributed by atoms with E-state index in [9.17, 15) is 19.2 Å². The molecule has 276 valence electrons. The summed E-state index contributed by atoms with van der Waals surface area (Å²) < 4.78 is 1.72. The first-order valence-corrected chi connectivity index (χ1v) is 19.0. The highest BCUT2D eigenvalue weighted by Gasteiger charge is 2.31. The van der Waals surface area contributed by atoms with Gasteiger partial charge in [0.2, 0.25) is 17.8 Å². The zero-order valence-corrected chi connectivity index (χ0v) is 30.5. The van der Waals surface area contributed by atoms with E-state index in [-0.39, 0.29) is 40.7 Å².